The van der Waals surface area contributed by atoms with Gasteiger partial charge in [0.15, 0.2) is 5.82 Å². The van der Waals surface area contributed by atoms with Crippen molar-refractivity contribution >= 4 is 21.7 Å². The van der Waals surface area contributed by atoms with E-state index in [1.807, 2.05) is 6.07 Å². The molecule has 0 atom stereocenters. The number of rotatable bonds is 2. The van der Waals surface area contributed by atoms with Gasteiger partial charge in [-0.05, 0) is 18.2 Å². The highest BCUT2D eigenvalue weighted by atomic mass is 79.9. The number of nitrogens with zero attached hydrogens (tertiary/aromatic N) is 4. The quantitative estimate of drug-likeness (QED) is 0.853. The predicted molar refractivity (Wildman–Crippen MR) is 74.2 cm³/mol. The summed E-state index contributed by atoms with van der Waals surface area (Å²) in [4.78, 5) is 10.0. The molecule has 6 heteroatoms. The van der Waals surface area contributed by atoms with Crippen LogP contribution in [0.15, 0.2) is 28.7 Å². The van der Waals surface area contributed by atoms with Crippen molar-refractivity contribution in [2.75, 3.05) is 19.0 Å². The van der Waals surface area contributed by atoms with Crippen LogP contribution < -0.4 is 4.90 Å². The van der Waals surface area contributed by atoms with Crippen LogP contribution in [0.25, 0.3) is 11.4 Å². The summed E-state index contributed by atoms with van der Waals surface area (Å²) in [6, 6.07) is 8.03. The van der Waals surface area contributed by atoms with Crippen molar-refractivity contribution in [3.63, 3.8) is 0 Å². The molecule has 0 unspecified atom stereocenters. The van der Waals surface area contributed by atoms with E-state index in [1.54, 1.807) is 37.2 Å². The van der Waals surface area contributed by atoms with E-state index in [2.05, 4.69) is 25.9 Å². The van der Waals surface area contributed by atoms with Crippen LogP contribution in [0.4, 0.5) is 10.2 Å². The summed E-state index contributed by atoms with van der Waals surface area (Å²) in [6.45, 7) is 0. The van der Waals surface area contributed by atoms with Crippen LogP contribution >= 0.6 is 15.9 Å². The molecule has 4 nitrogen and oxygen atoms in total. The standard InChI is InChI=1S/C13H10BrFN4/c1-19(2)12-6-9(7-16)17-13(18-12)10-5-8(14)3-4-11(10)15/h3-6H,1-2H3. The van der Waals surface area contributed by atoms with Crippen molar-refractivity contribution < 1.29 is 4.39 Å². The molecule has 0 amide bonds. The van der Waals surface area contributed by atoms with E-state index < -0.39 is 5.82 Å². The van der Waals surface area contributed by atoms with Crippen molar-refractivity contribution in [1.82, 2.24) is 9.97 Å². The fraction of sp³-hybridized carbons (Fsp3) is 0.154. The third kappa shape index (κ3) is 2.88. The normalized spacial score (nSPS) is 10.1. The van der Waals surface area contributed by atoms with Crippen molar-refractivity contribution in [1.29, 1.82) is 5.26 Å². The molecule has 0 aliphatic heterocycles. The minimum Gasteiger partial charge on any atom is -0.363 e. The maximum atomic E-state index is 13.8. The molecule has 0 spiro atoms. The highest BCUT2D eigenvalue weighted by molar-refractivity contribution is 9.10. The molecule has 2 rings (SSSR count). The van der Waals surface area contributed by atoms with Crippen molar-refractivity contribution in [2.24, 2.45) is 0 Å². The molecule has 1 aromatic heterocycles. The fourth-order valence-electron chi connectivity index (χ4n) is 1.51. The van der Waals surface area contributed by atoms with Crippen molar-refractivity contribution in [2.45, 2.75) is 0 Å². The third-order valence-electron chi connectivity index (χ3n) is 2.45. The number of aromatic nitrogens is 2. The molecular formula is C13H10BrFN4. The van der Waals surface area contributed by atoms with Gasteiger partial charge < -0.3 is 4.90 Å². The molecule has 0 saturated carbocycles. The summed E-state index contributed by atoms with van der Waals surface area (Å²) in [5, 5.41) is 8.98. The highest BCUT2D eigenvalue weighted by Crippen LogP contribution is 2.25. The number of anilines is 1. The number of hydrogen-bond acceptors (Lipinski definition) is 4. The first-order valence-electron chi connectivity index (χ1n) is 5.43. The minimum atomic E-state index is -0.428. The third-order valence-corrected chi connectivity index (χ3v) is 2.95. The van der Waals surface area contributed by atoms with Crippen LogP contribution in [-0.4, -0.2) is 24.1 Å². The molecule has 1 aromatic carbocycles. The highest BCUT2D eigenvalue weighted by Gasteiger charge is 2.12. The summed E-state index contributed by atoms with van der Waals surface area (Å²) >= 11 is 3.28. The van der Waals surface area contributed by atoms with Gasteiger partial charge >= 0.3 is 0 Å². The Kier molecular flexibility index (Phi) is 3.76. The van der Waals surface area contributed by atoms with Crippen LogP contribution in [-0.2, 0) is 0 Å². The van der Waals surface area contributed by atoms with Gasteiger partial charge in [-0.1, -0.05) is 15.9 Å². The lowest BCUT2D eigenvalue weighted by Crippen LogP contribution is -2.12. The van der Waals surface area contributed by atoms with Gasteiger partial charge in [-0.25, -0.2) is 14.4 Å². The van der Waals surface area contributed by atoms with E-state index in [0.29, 0.717) is 5.82 Å². The van der Waals surface area contributed by atoms with Gasteiger partial charge in [0.25, 0.3) is 0 Å². The maximum absolute atomic E-state index is 13.8. The van der Waals surface area contributed by atoms with Crippen LogP contribution in [0.5, 0.6) is 0 Å². The van der Waals surface area contributed by atoms with Gasteiger partial charge in [0.1, 0.15) is 23.4 Å². The molecule has 0 N–H and O–H groups in total. The Labute approximate surface area is 118 Å². The van der Waals surface area contributed by atoms with Crippen LogP contribution in [0.2, 0.25) is 0 Å². The zero-order valence-electron chi connectivity index (χ0n) is 10.4. The number of hydrogen-bond donors (Lipinski definition) is 0. The zero-order chi connectivity index (χ0) is 14.0. The summed E-state index contributed by atoms with van der Waals surface area (Å²) in [5.74, 6) is 0.325. The van der Waals surface area contributed by atoms with Gasteiger partial charge in [0.2, 0.25) is 0 Å². The Bertz CT molecular complexity index is 664. The largest absolute Gasteiger partial charge is 0.363 e. The predicted octanol–water partition coefficient (Wildman–Crippen LogP) is 2.98. The van der Waals surface area contributed by atoms with Crippen molar-refractivity contribution in [3.05, 3.63) is 40.2 Å². The van der Waals surface area contributed by atoms with E-state index >= 15 is 0 Å². The average molecular weight is 321 g/mol. The molecule has 0 fully saturated rings. The first-order chi connectivity index (χ1) is 9.01. The van der Waals surface area contributed by atoms with Gasteiger partial charge in [0.05, 0.1) is 5.56 Å². The summed E-state index contributed by atoms with van der Waals surface area (Å²) in [5.41, 5.74) is 0.461. The van der Waals surface area contributed by atoms with Gasteiger partial charge in [0, 0.05) is 24.6 Å². The lowest BCUT2D eigenvalue weighted by Gasteiger charge is -2.12. The summed E-state index contributed by atoms with van der Waals surface area (Å²) in [6.07, 6.45) is 0. The van der Waals surface area contributed by atoms with Crippen molar-refractivity contribution in [3.8, 4) is 17.5 Å². The second kappa shape index (κ2) is 5.33. The topological polar surface area (TPSA) is 52.8 Å². The Morgan fingerprint density at radius 2 is 2.00 bits per heavy atom. The summed E-state index contributed by atoms with van der Waals surface area (Å²) < 4.78 is 14.5. The van der Waals surface area contributed by atoms with Gasteiger partial charge in [-0.2, -0.15) is 5.26 Å². The molecule has 0 aliphatic carbocycles. The van der Waals surface area contributed by atoms with E-state index in [1.165, 1.54) is 6.07 Å². The van der Waals surface area contributed by atoms with Crippen LogP contribution in [0, 0.1) is 17.1 Å². The minimum absolute atomic E-state index is 0.196. The Hall–Kier alpha value is -2.00. The molecule has 1 heterocycles. The van der Waals surface area contributed by atoms with E-state index in [9.17, 15) is 4.39 Å². The second-order valence-corrected chi connectivity index (χ2v) is 4.98. The maximum Gasteiger partial charge on any atom is 0.165 e. The van der Waals surface area contributed by atoms with Gasteiger partial charge in [-0.15, -0.1) is 0 Å². The van der Waals surface area contributed by atoms with E-state index in [4.69, 9.17) is 5.26 Å². The molecule has 2 aromatic rings. The van der Waals surface area contributed by atoms with Gasteiger partial charge in [-0.3, -0.25) is 0 Å². The first-order valence-corrected chi connectivity index (χ1v) is 6.22. The van der Waals surface area contributed by atoms with Crippen LogP contribution in [0.1, 0.15) is 5.69 Å². The Morgan fingerprint density at radius 3 is 2.63 bits per heavy atom. The lowest BCUT2D eigenvalue weighted by molar-refractivity contribution is 0.629. The summed E-state index contributed by atoms with van der Waals surface area (Å²) in [7, 11) is 3.59. The smallest absolute Gasteiger partial charge is 0.165 e. The molecular weight excluding hydrogens is 311 g/mol. The lowest BCUT2D eigenvalue weighted by atomic mass is 10.2. The molecule has 0 radical (unpaired) electrons. The number of benzene rings is 1. The monoisotopic (exact) mass is 320 g/mol. The van der Waals surface area contributed by atoms with E-state index in [0.717, 1.165) is 4.47 Å². The number of nitriles is 1. The Morgan fingerprint density at radius 1 is 1.26 bits per heavy atom. The molecule has 0 aliphatic rings. The van der Waals surface area contributed by atoms with Crippen LogP contribution in [0.3, 0.4) is 0 Å². The van der Waals surface area contributed by atoms with E-state index in [-0.39, 0.29) is 17.1 Å². The molecule has 0 saturated heterocycles. The molecule has 0 bridgehead atoms. The molecule has 19 heavy (non-hydrogen) atoms. The Balaban J connectivity index is 2.65. The second-order valence-electron chi connectivity index (χ2n) is 4.07. The molecule has 96 valence electrons. The average Bonchev–Trinajstić information content (AvgIpc) is 2.40. The fourth-order valence-corrected chi connectivity index (χ4v) is 1.87. The SMILES string of the molecule is CN(C)c1cc(C#N)nc(-c2cc(Br)ccc2F)n1. The first kappa shape index (κ1) is 13.4. The number of halogens is 2. The zero-order valence-corrected chi connectivity index (χ0v) is 11.9.